The SMILES string of the molecule is COc1ccc([C@@H](NC(=O)Cn2c(=O)c3c(ncn3C)n(C)c2=O)C(C)C)cc1. The second-order valence-electron chi connectivity index (χ2n) is 7.32. The Kier molecular flexibility index (Phi) is 5.58. The minimum atomic E-state index is -0.582. The molecule has 0 bridgehead atoms. The Morgan fingerprint density at radius 1 is 1.17 bits per heavy atom. The molecular formula is C20H25N5O4. The first-order valence-corrected chi connectivity index (χ1v) is 9.28. The predicted octanol–water partition coefficient (Wildman–Crippen LogP) is 0.956. The van der Waals surface area contributed by atoms with Gasteiger partial charge in [-0.2, -0.15) is 0 Å². The molecule has 0 saturated carbocycles. The fourth-order valence-electron chi connectivity index (χ4n) is 3.34. The van der Waals surface area contributed by atoms with E-state index in [1.54, 1.807) is 18.7 Å². The van der Waals surface area contributed by atoms with E-state index in [-0.39, 0.29) is 29.7 Å². The van der Waals surface area contributed by atoms with Crippen LogP contribution in [0.25, 0.3) is 11.2 Å². The summed E-state index contributed by atoms with van der Waals surface area (Å²) in [6, 6.07) is 7.15. The molecule has 0 aliphatic heterocycles. The van der Waals surface area contributed by atoms with Gasteiger partial charge in [-0.15, -0.1) is 0 Å². The molecule has 9 heteroatoms. The third-order valence-corrected chi connectivity index (χ3v) is 4.96. The van der Waals surface area contributed by atoms with Crippen molar-refractivity contribution in [1.29, 1.82) is 0 Å². The first-order valence-electron chi connectivity index (χ1n) is 9.28. The number of ether oxygens (including phenoxy) is 1. The van der Waals surface area contributed by atoms with Crippen molar-refractivity contribution in [2.75, 3.05) is 7.11 Å². The topological polar surface area (TPSA) is 100 Å². The molecule has 29 heavy (non-hydrogen) atoms. The molecule has 0 aliphatic carbocycles. The lowest BCUT2D eigenvalue weighted by Crippen LogP contribution is -2.44. The van der Waals surface area contributed by atoms with Crippen LogP contribution in [0.4, 0.5) is 0 Å². The van der Waals surface area contributed by atoms with Gasteiger partial charge in [0.15, 0.2) is 11.2 Å². The van der Waals surface area contributed by atoms with Crippen LogP contribution in [0.15, 0.2) is 40.2 Å². The number of imidazole rings is 1. The molecule has 0 spiro atoms. The summed E-state index contributed by atoms with van der Waals surface area (Å²) < 4.78 is 8.92. The molecule has 0 fully saturated rings. The minimum Gasteiger partial charge on any atom is -0.497 e. The molecule has 0 radical (unpaired) electrons. The summed E-state index contributed by atoms with van der Waals surface area (Å²) in [7, 11) is 4.79. The second kappa shape index (κ2) is 7.94. The number of benzene rings is 1. The molecule has 154 valence electrons. The monoisotopic (exact) mass is 399 g/mol. The van der Waals surface area contributed by atoms with Crippen molar-refractivity contribution in [2.24, 2.45) is 20.0 Å². The highest BCUT2D eigenvalue weighted by Gasteiger charge is 2.21. The van der Waals surface area contributed by atoms with Gasteiger partial charge in [0, 0.05) is 14.1 Å². The van der Waals surface area contributed by atoms with E-state index in [1.165, 1.54) is 17.9 Å². The second-order valence-corrected chi connectivity index (χ2v) is 7.32. The normalized spacial score (nSPS) is 12.3. The summed E-state index contributed by atoms with van der Waals surface area (Å²) in [5, 5.41) is 2.94. The van der Waals surface area contributed by atoms with Gasteiger partial charge in [0.25, 0.3) is 5.56 Å². The van der Waals surface area contributed by atoms with Crippen molar-refractivity contribution in [3.05, 3.63) is 57.0 Å². The molecule has 1 N–H and O–H groups in total. The Balaban J connectivity index is 1.90. The molecule has 1 aromatic carbocycles. The average Bonchev–Trinajstić information content (AvgIpc) is 3.09. The Labute approximate surface area is 167 Å². The van der Waals surface area contributed by atoms with Gasteiger partial charge in [0.2, 0.25) is 5.91 Å². The van der Waals surface area contributed by atoms with E-state index < -0.39 is 17.2 Å². The maximum absolute atomic E-state index is 12.8. The van der Waals surface area contributed by atoms with Crippen LogP contribution < -0.4 is 21.3 Å². The maximum atomic E-state index is 12.8. The van der Waals surface area contributed by atoms with Crippen molar-refractivity contribution in [1.82, 2.24) is 24.0 Å². The lowest BCUT2D eigenvalue weighted by Gasteiger charge is -2.23. The molecule has 2 aromatic heterocycles. The molecule has 1 amide bonds. The minimum absolute atomic E-state index is 0.103. The van der Waals surface area contributed by atoms with Crippen molar-refractivity contribution < 1.29 is 9.53 Å². The molecule has 0 unspecified atom stereocenters. The van der Waals surface area contributed by atoms with Gasteiger partial charge >= 0.3 is 5.69 Å². The van der Waals surface area contributed by atoms with Crippen molar-refractivity contribution in [3.8, 4) is 5.75 Å². The summed E-state index contributed by atoms with van der Waals surface area (Å²) in [6.45, 7) is 3.61. The van der Waals surface area contributed by atoms with Crippen molar-refractivity contribution in [2.45, 2.75) is 26.4 Å². The molecule has 0 saturated heterocycles. The summed E-state index contributed by atoms with van der Waals surface area (Å²) in [4.78, 5) is 42.2. The number of amides is 1. The van der Waals surface area contributed by atoms with Crippen molar-refractivity contribution in [3.63, 3.8) is 0 Å². The van der Waals surface area contributed by atoms with Gasteiger partial charge in [-0.1, -0.05) is 26.0 Å². The number of hydrogen-bond donors (Lipinski definition) is 1. The van der Waals surface area contributed by atoms with E-state index in [0.29, 0.717) is 0 Å². The Morgan fingerprint density at radius 2 is 1.83 bits per heavy atom. The highest BCUT2D eigenvalue weighted by Crippen LogP contribution is 2.23. The Bertz CT molecular complexity index is 1150. The van der Waals surface area contributed by atoms with E-state index >= 15 is 0 Å². The first-order chi connectivity index (χ1) is 13.7. The molecule has 9 nitrogen and oxygen atoms in total. The van der Waals surface area contributed by atoms with E-state index in [0.717, 1.165) is 15.9 Å². The number of aromatic nitrogens is 4. The number of carbonyl (C=O) groups is 1. The number of aryl methyl sites for hydroxylation is 2. The van der Waals surface area contributed by atoms with Crippen LogP contribution in [0.2, 0.25) is 0 Å². The molecular weight excluding hydrogens is 374 g/mol. The van der Waals surface area contributed by atoms with Crippen LogP contribution in [0, 0.1) is 5.92 Å². The number of rotatable bonds is 6. The standard InChI is InChI=1S/C20H25N5O4/c1-12(2)16(13-6-8-14(29-5)9-7-13)22-15(26)10-25-19(27)17-18(21-11-23(17)3)24(4)20(25)28/h6-9,11-12,16H,10H2,1-5H3,(H,22,26)/t16-/m0/s1. The molecule has 3 rings (SSSR count). The van der Waals surface area contributed by atoms with Gasteiger partial charge in [-0.3, -0.25) is 14.2 Å². The van der Waals surface area contributed by atoms with Gasteiger partial charge < -0.3 is 14.6 Å². The average molecular weight is 399 g/mol. The third kappa shape index (κ3) is 3.80. The number of nitrogens with one attached hydrogen (secondary N) is 1. The highest BCUT2D eigenvalue weighted by atomic mass is 16.5. The van der Waals surface area contributed by atoms with Crippen LogP contribution in [0.1, 0.15) is 25.5 Å². The number of fused-ring (bicyclic) bond motifs is 1. The van der Waals surface area contributed by atoms with Crippen LogP contribution >= 0.6 is 0 Å². The van der Waals surface area contributed by atoms with Gasteiger partial charge in [0.05, 0.1) is 19.5 Å². The van der Waals surface area contributed by atoms with Crippen LogP contribution in [0.5, 0.6) is 5.75 Å². The zero-order valence-corrected chi connectivity index (χ0v) is 17.2. The van der Waals surface area contributed by atoms with Crippen LogP contribution in [-0.2, 0) is 25.4 Å². The third-order valence-electron chi connectivity index (χ3n) is 4.96. The largest absolute Gasteiger partial charge is 0.497 e. The molecule has 1 atom stereocenters. The van der Waals surface area contributed by atoms with Crippen LogP contribution in [0.3, 0.4) is 0 Å². The number of methoxy groups -OCH3 is 1. The smallest absolute Gasteiger partial charge is 0.332 e. The zero-order chi connectivity index (χ0) is 21.3. The van der Waals surface area contributed by atoms with E-state index in [9.17, 15) is 14.4 Å². The lowest BCUT2D eigenvalue weighted by atomic mass is 9.96. The highest BCUT2D eigenvalue weighted by molar-refractivity contribution is 5.77. The number of carbonyl (C=O) groups excluding carboxylic acids is 1. The van der Waals surface area contributed by atoms with Gasteiger partial charge in [0.1, 0.15) is 12.3 Å². The maximum Gasteiger partial charge on any atom is 0.332 e. The first kappa shape index (κ1) is 20.4. The van der Waals surface area contributed by atoms with E-state index in [2.05, 4.69) is 10.3 Å². The summed E-state index contributed by atoms with van der Waals surface area (Å²) in [5.74, 6) is 0.411. The quantitative estimate of drug-likeness (QED) is 0.665. The fourth-order valence-corrected chi connectivity index (χ4v) is 3.34. The Hall–Kier alpha value is -3.36. The molecule has 3 aromatic rings. The summed E-state index contributed by atoms with van der Waals surface area (Å²) in [6.07, 6.45) is 1.47. The van der Waals surface area contributed by atoms with E-state index in [1.807, 2.05) is 38.1 Å². The van der Waals surface area contributed by atoms with E-state index in [4.69, 9.17) is 4.74 Å². The molecule has 2 heterocycles. The summed E-state index contributed by atoms with van der Waals surface area (Å²) in [5.41, 5.74) is 0.357. The van der Waals surface area contributed by atoms with Gasteiger partial charge in [-0.25, -0.2) is 14.3 Å². The van der Waals surface area contributed by atoms with Gasteiger partial charge in [-0.05, 0) is 23.6 Å². The van der Waals surface area contributed by atoms with Crippen molar-refractivity contribution >= 4 is 17.1 Å². The number of hydrogen-bond acceptors (Lipinski definition) is 5. The number of nitrogens with zero attached hydrogens (tertiary/aromatic N) is 4. The molecule has 0 aliphatic rings. The predicted molar refractivity (Wildman–Crippen MR) is 109 cm³/mol. The van der Waals surface area contributed by atoms with Crippen LogP contribution in [-0.4, -0.2) is 31.7 Å². The summed E-state index contributed by atoms with van der Waals surface area (Å²) >= 11 is 0. The Morgan fingerprint density at radius 3 is 2.41 bits per heavy atom. The fraction of sp³-hybridized carbons (Fsp3) is 0.400. The zero-order valence-electron chi connectivity index (χ0n) is 17.2. The lowest BCUT2D eigenvalue weighted by molar-refractivity contribution is -0.122.